The Bertz CT molecular complexity index is 1520. The van der Waals surface area contributed by atoms with E-state index in [2.05, 4.69) is 4.72 Å². The van der Waals surface area contributed by atoms with E-state index in [4.69, 9.17) is 9.15 Å². The van der Waals surface area contributed by atoms with Crippen LogP contribution in [0.1, 0.15) is 25.8 Å². The summed E-state index contributed by atoms with van der Waals surface area (Å²) in [6, 6.07) is 17.1. The van der Waals surface area contributed by atoms with Gasteiger partial charge < -0.3 is 9.15 Å². The molecule has 0 saturated carbocycles. The third-order valence-corrected chi connectivity index (χ3v) is 7.35. The Morgan fingerprint density at radius 2 is 1.68 bits per heavy atom. The zero-order chi connectivity index (χ0) is 24.5. The third-order valence-electron chi connectivity index (χ3n) is 5.89. The first kappa shape index (κ1) is 23.7. The highest BCUT2D eigenvalue weighted by molar-refractivity contribution is 7.89. The van der Waals surface area contributed by atoms with Gasteiger partial charge in [0, 0.05) is 11.5 Å². The van der Waals surface area contributed by atoms with Crippen LogP contribution in [0.5, 0.6) is 5.75 Å². The molecule has 4 aromatic rings. The number of sulfonamides is 1. The average Bonchev–Trinajstić information content (AvgIpc) is 2.82. The van der Waals surface area contributed by atoms with Crippen LogP contribution in [-0.4, -0.2) is 20.4 Å². The molecule has 0 saturated heterocycles. The van der Waals surface area contributed by atoms with Crippen LogP contribution in [0.15, 0.2) is 80.8 Å². The van der Waals surface area contributed by atoms with Crippen molar-refractivity contribution in [3.8, 4) is 5.75 Å². The second-order valence-corrected chi connectivity index (χ2v) is 10.0. The zero-order valence-electron chi connectivity index (χ0n) is 19.1. The van der Waals surface area contributed by atoms with E-state index >= 15 is 0 Å². The summed E-state index contributed by atoms with van der Waals surface area (Å²) in [6.07, 6.45) is 0.550. The second-order valence-electron chi connectivity index (χ2n) is 8.31. The first-order valence-electron chi connectivity index (χ1n) is 11.0. The molecule has 34 heavy (non-hydrogen) atoms. The number of fused-ring (bicyclic) bond motifs is 3. The van der Waals surface area contributed by atoms with Crippen LogP contribution in [-0.2, 0) is 14.8 Å². The summed E-state index contributed by atoms with van der Waals surface area (Å²) in [7, 11) is -3.94. The number of aryl methyl sites for hydroxylation is 1. The van der Waals surface area contributed by atoms with Crippen molar-refractivity contribution >= 4 is 37.7 Å². The van der Waals surface area contributed by atoms with Crippen LogP contribution in [0.2, 0.25) is 0 Å². The number of nitrogens with one attached hydrogen (secondary N) is 1. The Labute approximate surface area is 197 Å². The van der Waals surface area contributed by atoms with Crippen molar-refractivity contribution in [3.05, 3.63) is 82.7 Å². The number of ether oxygens (including phenoxy) is 1. The number of benzene rings is 3. The average molecular weight is 480 g/mol. The minimum absolute atomic E-state index is 0.0681. The molecule has 4 rings (SSSR count). The Balaban J connectivity index is 1.63. The molecule has 176 valence electrons. The molecule has 0 radical (unpaired) electrons. The molecule has 0 aliphatic carbocycles. The van der Waals surface area contributed by atoms with E-state index in [9.17, 15) is 18.0 Å². The first-order valence-corrected chi connectivity index (χ1v) is 12.4. The summed E-state index contributed by atoms with van der Waals surface area (Å²) in [6.45, 7) is 5.49. The third kappa shape index (κ3) is 4.73. The van der Waals surface area contributed by atoms with Gasteiger partial charge in [-0.1, -0.05) is 56.2 Å². The van der Waals surface area contributed by atoms with Gasteiger partial charge in [0.05, 0.1) is 10.3 Å². The van der Waals surface area contributed by atoms with Crippen LogP contribution in [0.3, 0.4) is 0 Å². The molecule has 0 aliphatic heterocycles. The molecule has 8 heteroatoms. The molecule has 0 amide bonds. The zero-order valence-corrected chi connectivity index (χ0v) is 19.9. The molecule has 0 spiro atoms. The van der Waals surface area contributed by atoms with E-state index < -0.39 is 27.7 Å². The fourth-order valence-electron chi connectivity index (χ4n) is 3.69. The van der Waals surface area contributed by atoms with Crippen molar-refractivity contribution in [2.24, 2.45) is 5.92 Å². The lowest BCUT2D eigenvalue weighted by Gasteiger charge is -2.22. The van der Waals surface area contributed by atoms with Crippen LogP contribution in [0.4, 0.5) is 0 Å². The molecule has 0 unspecified atom stereocenters. The smallest absolute Gasteiger partial charge is 0.344 e. The van der Waals surface area contributed by atoms with E-state index in [0.717, 1.165) is 10.9 Å². The minimum atomic E-state index is -3.94. The summed E-state index contributed by atoms with van der Waals surface area (Å²) in [5, 5.41) is 1.89. The molecule has 2 atom stereocenters. The predicted octanol–water partition coefficient (Wildman–Crippen LogP) is 4.55. The number of carbonyl (C=O) groups is 1. The molecular formula is C26H25NO6S. The maximum Gasteiger partial charge on any atom is 0.344 e. The number of rotatable bonds is 7. The van der Waals surface area contributed by atoms with Crippen molar-refractivity contribution in [1.82, 2.24) is 4.72 Å². The van der Waals surface area contributed by atoms with Crippen LogP contribution < -0.4 is 15.1 Å². The van der Waals surface area contributed by atoms with Crippen LogP contribution >= 0.6 is 0 Å². The first-order chi connectivity index (χ1) is 16.2. The molecule has 1 aromatic heterocycles. The van der Waals surface area contributed by atoms with Crippen LogP contribution in [0.25, 0.3) is 21.7 Å². The Morgan fingerprint density at radius 3 is 2.35 bits per heavy atom. The normalized spacial score (nSPS) is 13.6. The topological polar surface area (TPSA) is 103 Å². The minimum Gasteiger partial charge on any atom is -0.425 e. The highest BCUT2D eigenvalue weighted by Crippen LogP contribution is 2.27. The van der Waals surface area contributed by atoms with E-state index in [-0.39, 0.29) is 22.1 Å². The largest absolute Gasteiger partial charge is 0.425 e. The molecule has 7 nitrogen and oxygen atoms in total. The standard InChI is InChI=1S/C26H25NO6S/c1-4-17(3)24(27-34(30,31)19-12-9-16(2)10-13-19)26(29)32-18-11-14-21-20-7-5-6-8-22(20)25(28)33-23(21)15-18/h5-15,17,24,27H,4H2,1-3H3/t17-,24+/m1/s1. The molecular weight excluding hydrogens is 454 g/mol. The Kier molecular flexibility index (Phi) is 6.54. The van der Waals surface area contributed by atoms with Gasteiger partial charge in [0.2, 0.25) is 10.0 Å². The fraction of sp³-hybridized carbons (Fsp3) is 0.231. The Morgan fingerprint density at radius 1 is 1.00 bits per heavy atom. The van der Waals surface area contributed by atoms with Gasteiger partial charge in [-0.2, -0.15) is 4.72 Å². The van der Waals surface area contributed by atoms with E-state index in [0.29, 0.717) is 17.2 Å². The number of hydrogen-bond donors (Lipinski definition) is 1. The second kappa shape index (κ2) is 9.40. The van der Waals surface area contributed by atoms with E-state index in [1.54, 1.807) is 43.3 Å². The van der Waals surface area contributed by atoms with Gasteiger partial charge in [0.1, 0.15) is 17.4 Å². The van der Waals surface area contributed by atoms with Crippen molar-refractivity contribution in [2.45, 2.75) is 38.1 Å². The molecule has 0 aliphatic rings. The van der Waals surface area contributed by atoms with Crippen molar-refractivity contribution in [3.63, 3.8) is 0 Å². The number of carbonyl (C=O) groups excluding carboxylic acids is 1. The number of esters is 1. The highest BCUT2D eigenvalue weighted by Gasteiger charge is 2.31. The van der Waals surface area contributed by atoms with E-state index in [1.807, 2.05) is 26.0 Å². The lowest BCUT2D eigenvalue weighted by molar-refractivity contribution is -0.137. The molecule has 1 heterocycles. The maximum atomic E-state index is 13.1. The molecule has 3 aromatic carbocycles. The van der Waals surface area contributed by atoms with Gasteiger partial charge in [-0.05, 0) is 48.6 Å². The van der Waals surface area contributed by atoms with Gasteiger partial charge in [0.25, 0.3) is 0 Å². The molecule has 0 fully saturated rings. The predicted molar refractivity (Wildman–Crippen MR) is 130 cm³/mol. The maximum absolute atomic E-state index is 13.1. The number of hydrogen-bond acceptors (Lipinski definition) is 6. The summed E-state index contributed by atoms with van der Waals surface area (Å²) in [5.41, 5.74) is 0.705. The molecule has 1 N–H and O–H groups in total. The lowest BCUT2D eigenvalue weighted by atomic mass is 10.0. The van der Waals surface area contributed by atoms with Crippen molar-refractivity contribution in [2.75, 3.05) is 0 Å². The highest BCUT2D eigenvalue weighted by atomic mass is 32.2. The van der Waals surface area contributed by atoms with Gasteiger partial charge in [0.15, 0.2) is 0 Å². The van der Waals surface area contributed by atoms with Gasteiger partial charge >= 0.3 is 11.6 Å². The lowest BCUT2D eigenvalue weighted by Crippen LogP contribution is -2.46. The SMILES string of the molecule is CC[C@@H](C)[C@H](NS(=O)(=O)c1ccc(C)cc1)C(=O)Oc1ccc2c(c1)oc(=O)c1ccccc12. The fourth-order valence-corrected chi connectivity index (χ4v) is 4.98. The van der Waals surface area contributed by atoms with Crippen molar-refractivity contribution < 1.29 is 22.4 Å². The Hall–Kier alpha value is -3.49. The van der Waals surface area contributed by atoms with Gasteiger partial charge in [-0.3, -0.25) is 0 Å². The summed E-state index contributed by atoms with van der Waals surface area (Å²) in [5.74, 6) is -0.915. The quantitative estimate of drug-likeness (QED) is 0.181. The van der Waals surface area contributed by atoms with Crippen LogP contribution in [0, 0.1) is 12.8 Å². The summed E-state index contributed by atoms with van der Waals surface area (Å²) >= 11 is 0. The monoisotopic (exact) mass is 479 g/mol. The summed E-state index contributed by atoms with van der Waals surface area (Å²) in [4.78, 5) is 25.4. The van der Waals surface area contributed by atoms with Gasteiger partial charge in [-0.15, -0.1) is 0 Å². The van der Waals surface area contributed by atoms with Gasteiger partial charge in [-0.25, -0.2) is 18.0 Å². The van der Waals surface area contributed by atoms with E-state index in [1.165, 1.54) is 18.2 Å². The molecule has 0 bridgehead atoms. The summed E-state index contributed by atoms with van der Waals surface area (Å²) < 4.78 is 39.2. The van der Waals surface area contributed by atoms with Crippen molar-refractivity contribution in [1.29, 1.82) is 0 Å².